The van der Waals surface area contributed by atoms with Gasteiger partial charge in [0.05, 0.1) is 16.3 Å². The molecule has 1 saturated heterocycles. The highest BCUT2D eigenvalue weighted by atomic mass is 16.6. The third-order valence-corrected chi connectivity index (χ3v) is 3.28. The predicted octanol–water partition coefficient (Wildman–Crippen LogP) is 2.16. The van der Waals surface area contributed by atoms with Crippen molar-refractivity contribution in [2.75, 3.05) is 24.3 Å². The van der Waals surface area contributed by atoms with Crippen molar-refractivity contribution >= 4 is 17.1 Å². The van der Waals surface area contributed by atoms with Crippen molar-refractivity contribution in [1.29, 1.82) is 0 Å². The molecule has 1 aliphatic heterocycles. The molecule has 6 nitrogen and oxygen atoms in total. The summed E-state index contributed by atoms with van der Waals surface area (Å²) < 4.78 is 5.32. The minimum absolute atomic E-state index is 0.00943. The summed E-state index contributed by atoms with van der Waals surface area (Å²) in [6, 6.07) is 4.50. The average Bonchev–Trinajstić information content (AvgIpc) is 2.32. The Bertz CT molecular complexity index is 456. The summed E-state index contributed by atoms with van der Waals surface area (Å²) in [5.41, 5.74) is 6.92. The fraction of sp³-hybridized carbons (Fsp3) is 0.500. The number of ether oxygens (including phenoxy) is 1. The lowest BCUT2D eigenvalue weighted by Gasteiger charge is -2.35. The van der Waals surface area contributed by atoms with Gasteiger partial charge in [0.1, 0.15) is 0 Å². The smallest absolute Gasteiger partial charge is 0.271 e. The molecule has 0 saturated carbocycles. The molecule has 1 aromatic rings. The van der Waals surface area contributed by atoms with E-state index in [-0.39, 0.29) is 11.2 Å². The van der Waals surface area contributed by atoms with E-state index in [1.165, 1.54) is 12.1 Å². The first kappa shape index (κ1) is 12.6. The van der Waals surface area contributed by atoms with Crippen LogP contribution < -0.4 is 11.1 Å². The highest BCUT2D eigenvalue weighted by molar-refractivity contribution is 5.70. The third kappa shape index (κ3) is 2.70. The van der Waals surface area contributed by atoms with Crippen LogP contribution in [-0.2, 0) is 4.74 Å². The molecule has 0 radical (unpaired) electrons. The summed E-state index contributed by atoms with van der Waals surface area (Å²) in [6.07, 6.45) is 1.78. The molecule has 0 amide bonds. The van der Waals surface area contributed by atoms with Crippen molar-refractivity contribution < 1.29 is 9.66 Å². The Hall–Kier alpha value is -1.82. The molecular weight excluding hydrogens is 234 g/mol. The standard InChI is InChI=1S/C12H17N3O3/c1-12(4-6-18-7-5-12)14-11-3-2-9(15(16)17)8-10(11)13/h2-3,8,14H,4-7,13H2,1H3. The van der Waals surface area contributed by atoms with E-state index in [9.17, 15) is 10.1 Å². The van der Waals surface area contributed by atoms with Crippen molar-refractivity contribution in [2.24, 2.45) is 0 Å². The summed E-state index contributed by atoms with van der Waals surface area (Å²) >= 11 is 0. The molecule has 1 aromatic carbocycles. The quantitative estimate of drug-likeness (QED) is 0.488. The highest BCUT2D eigenvalue weighted by Gasteiger charge is 2.27. The SMILES string of the molecule is CC1(Nc2ccc([N+](=O)[O-])cc2N)CCOCC1. The van der Waals surface area contributed by atoms with Gasteiger partial charge in [-0.3, -0.25) is 10.1 Å². The van der Waals surface area contributed by atoms with Crippen LogP contribution >= 0.6 is 0 Å². The molecule has 98 valence electrons. The zero-order valence-electron chi connectivity index (χ0n) is 10.3. The van der Waals surface area contributed by atoms with Gasteiger partial charge in [0, 0.05) is 30.9 Å². The van der Waals surface area contributed by atoms with Gasteiger partial charge in [0.15, 0.2) is 0 Å². The van der Waals surface area contributed by atoms with Gasteiger partial charge in [-0.1, -0.05) is 0 Å². The Morgan fingerprint density at radius 3 is 2.67 bits per heavy atom. The maximum absolute atomic E-state index is 10.6. The zero-order valence-corrected chi connectivity index (χ0v) is 10.3. The van der Waals surface area contributed by atoms with Crippen LogP contribution in [0.3, 0.4) is 0 Å². The topological polar surface area (TPSA) is 90.4 Å². The van der Waals surface area contributed by atoms with E-state index in [1.807, 2.05) is 0 Å². The van der Waals surface area contributed by atoms with Crippen molar-refractivity contribution in [2.45, 2.75) is 25.3 Å². The van der Waals surface area contributed by atoms with E-state index in [4.69, 9.17) is 10.5 Å². The highest BCUT2D eigenvalue weighted by Crippen LogP contribution is 2.30. The summed E-state index contributed by atoms with van der Waals surface area (Å²) in [6.45, 7) is 3.54. The van der Waals surface area contributed by atoms with Gasteiger partial charge < -0.3 is 15.8 Å². The van der Waals surface area contributed by atoms with Gasteiger partial charge in [-0.15, -0.1) is 0 Å². The first-order valence-electron chi connectivity index (χ1n) is 5.90. The first-order chi connectivity index (χ1) is 8.50. The number of nitrogens with two attached hydrogens (primary N) is 1. The molecule has 2 rings (SSSR count). The number of nitrogens with one attached hydrogen (secondary N) is 1. The monoisotopic (exact) mass is 251 g/mol. The van der Waals surface area contributed by atoms with Crippen LogP contribution in [0.4, 0.5) is 17.1 Å². The molecule has 6 heteroatoms. The Labute approximate surface area is 105 Å². The van der Waals surface area contributed by atoms with E-state index < -0.39 is 4.92 Å². The van der Waals surface area contributed by atoms with Crippen molar-refractivity contribution in [3.05, 3.63) is 28.3 Å². The Morgan fingerprint density at radius 1 is 1.44 bits per heavy atom. The minimum atomic E-state index is -0.448. The van der Waals surface area contributed by atoms with Crippen molar-refractivity contribution in [3.63, 3.8) is 0 Å². The number of hydrogen-bond donors (Lipinski definition) is 2. The lowest BCUT2D eigenvalue weighted by atomic mass is 9.92. The molecule has 0 aliphatic carbocycles. The number of nitrogen functional groups attached to an aromatic ring is 1. The van der Waals surface area contributed by atoms with Crippen LogP contribution in [0.1, 0.15) is 19.8 Å². The molecule has 18 heavy (non-hydrogen) atoms. The number of anilines is 2. The second-order valence-electron chi connectivity index (χ2n) is 4.83. The van der Waals surface area contributed by atoms with E-state index in [1.54, 1.807) is 6.07 Å². The zero-order chi connectivity index (χ0) is 13.2. The summed E-state index contributed by atoms with van der Waals surface area (Å²) in [5.74, 6) is 0. The van der Waals surface area contributed by atoms with Gasteiger partial charge in [-0.2, -0.15) is 0 Å². The van der Waals surface area contributed by atoms with Gasteiger partial charge in [0.25, 0.3) is 5.69 Å². The lowest BCUT2D eigenvalue weighted by molar-refractivity contribution is -0.384. The van der Waals surface area contributed by atoms with Crippen LogP contribution in [0.5, 0.6) is 0 Å². The third-order valence-electron chi connectivity index (χ3n) is 3.28. The van der Waals surface area contributed by atoms with Gasteiger partial charge >= 0.3 is 0 Å². The molecule has 0 atom stereocenters. The average molecular weight is 251 g/mol. The number of rotatable bonds is 3. The molecule has 1 fully saturated rings. The molecule has 0 spiro atoms. The maximum Gasteiger partial charge on any atom is 0.271 e. The number of hydrogen-bond acceptors (Lipinski definition) is 5. The van der Waals surface area contributed by atoms with E-state index in [0.717, 1.165) is 31.7 Å². The van der Waals surface area contributed by atoms with E-state index in [2.05, 4.69) is 12.2 Å². The molecule has 1 aliphatic rings. The minimum Gasteiger partial charge on any atom is -0.397 e. The largest absolute Gasteiger partial charge is 0.397 e. The maximum atomic E-state index is 10.6. The van der Waals surface area contributed by atoms with Crippen molar-refractivity contribution in [3.8, 4) is 0 Å². The summed E-state index contributed by atoms with van der Waals surface area (Å²) in [4.78, 5) is 10.2. The Kier molecular flexibility index (Phi) is 3.38. The van der Waals surface area contributed by atoms with E-state index >= 15 is 0 Å². The van der Waals surface area contributed by atoms with Crippen LogP contribution in [0.15, 0.2) is 18.2 Å². The molecule has 3 N–H and O–H groups in total. The number of nitrogens with zero attached hydrogens (tertiary/aromatic N) is 1. The predicted molar refractivity (Wildman–Crippen MR) is 69.6 cm³/mol. The van der Waals surface area contributed by atoms with Gasteiger partial charge in [-0.25, -0.2) is 0 Å². The van der Waals surface area contributed by atoms with Crippen LogP contribution in [-0.4, -0.2) is 23.7 Å². The van der Waals surface area contributed by atoms with Crippen LogP contribution in [0.2, 0.25) is 0 Å². The fourth-order valence-corrected chi connectivity index (χ4v) is 2.05. The molecule has 0 bridgehead atoms. The van der Waals surface area contributed by atoms with Crippen LogP contribution in [0.25, 0.3) is 0 Å². The lowest BCUT2D eigenvalue weighted by Crippen LogP contribution is -2.40. The second kappa shape index (κ2) is 4.81. The van der Waals surface area contributed by atoms with Gasteiger partial charge in [-0.05, 0) is 25.8 Å². The first-order valence-corrected chi connectivity index (χ1v) is 5.90. The molecule has 0 unspecified atom stereocenters. The number of non-ortho nitro benzene ring substituents is 1. The van der Waals surface area contributed by atoms with E-state index in [0.29, 0.717) is 5.69 Å². The number of benzene rings is 1. The molecule has 1 heterocycles. The van der Waals surface area contributed by atoms with Gasteiger partial charge in [0.2, 0.25) is 0 Å². The normalized spacial score (nSPS) is 18.3. The summed E-state index contributed by atoms with van der Waals surface area (Å²) in [7, 11) is 0. The number of nitro groups is 1. The molecular formula is C12H17N3O3. The summed E-state index contributed by atoms with van der Waals surface area (Å²) in [5, 5.41) is 14.0. The second-order valence-corrected chi connectivity index (χ2v) is 4.83. The van der Waals surface area contributed by atoms with Crippen LogP contribution in [0, 0.1) is 10.1 Å². The number of nitro benzene ring substituents is 1. The van der Waals surface area contributed by atoms with Crippen molar-refractivity contribution in [1.82, 2.24) is 0 Å². The Morgan fingerprint density at radius 2 is 2.11 bits per heavy atom. The Balaban J connectivity index is 2.16. The fourth-order valence-electron chi connectivity index (χ4n) is 2.05. The molecule has 0 aromatic heterocycles.